The number of thioether (sulfide) groups is 1. The van der Waals surface area contributed by atoms with Crippen LogP contribution in [-0.4, -0.2) is 22.4 Å². The molecule has 0 bridgehead atoms. The minimum Gasteiger partial charge on any atom is -0.465 e. The lowest BCUT2D eigenvalue weighted by atomic mass is 10.2. The van der Waals surface area contributed by atoms with E-state index in [1.165, 1.54) is 0 Å². The van der Waals surface area contributed by atoms with E-state index in [9.17, 15) is 9.59 Å². The Morgan fingerprint density at radius 1 is 1.38 bits per heavy atom. The number of hydrogen-bond donors (Lipinski definition) is 2. The first-order chi connectivity index (χ1) is 7.58. The average Bonchev–Trinajstić information content (AvgIpc) is 2.17. The van der Waals surface area contributed by atoms with Gasteiger partial charge in [0.05, 0.1) is 0 Å². The molecule has 0 unspecified atom stereocenters. The fraction of sp³-hybridized carbons (Fsp3) is 0.273. The number of nitrogens with one attached hydrogen (secondary N) is 1. The molecule has 0 spiro atoms. The summed E-state index contributed by atoms with van der Waals surface area (Å²) in [5.74, 6) is 0. The highest BCUT2D eigenvalue weighted by Gasteiger charge is 2.11. The highest BCUT2D eigenvalue weighted by molar-refractivity contribution is 8.13. The lowest BCUT2D eigenvalue weighted by Crippen LogP contribution is -2.32. The normalized spacial score (nSPS) is 11.8. The molecule has 0 heterocycles. The Hall–Kier alpha value is -1.49. The summed E-state index contributed by atoms with van der Waals surface area (Å²) in [6, 6.07) is 8.92. The molecule has 86 valence electrons. The number of carboxylic acid groups (broad SMARTS) is 1. The first-order valence-electron chi connectivity index (χ1n) is 4.83. The number of hydrogen-bond acceptors (Lipinski definition) is 3. The van der Waals surface area contributed by atoms with Gasteiger partial charge in [0.25, 0.3) is 0 Å². The molecule has 1 atom stereocenters. The van der Waals surface area contributed by atoms with E-state index in [2.05, 4.69) is 5.32 Å². The third-order valence-electron chi connectivity index (χ3n) is 1.82. The number of carbonyl (C=O) groups excluding carboxylic acids is 1. The molecule has 0 aliphatic rings. The topological polar surface area (TPSA) is 66.4 Å². The lowest BCUT2D eigenvalue weighted by Gasteiger charge is -2.09. The zero-order valence-corrected chi connectivity index (χ0v) is 9.66. The van der Waals surface area contributed by atoms with Gasteiger partial charge in [-0.2, -0.15) is 0 Å². The maximum atomic E-state index is 11.5. The van der Waals surface area contributed by atoms with Crippen molar-refractivity contribution < 1.29 is 14.7 Å². The van der Waals surface area contributed by atoms with Gasteiger partial charge in [-0.05, 0) is 19.1 Å². The smallest absolute Gasteiger partial charge is 0.404 e. The Kier molecular flexibility index (Phi) is 4.85. The van der Waals surface area contributed by atoms with E-state index in [0.717, 1.165) is 16.7 Å². The van der Waals surface area contributed by atoms with Gasteiger partial charge in [-0.15, -0.1) is 0 Å². The molecule has 5 heteroatoms. The van der Waals surface area contributed by atoms with Gasteiger partial charge in [0.2, 0.25) is 0 Å². The number of carbonyl (C=O) groups is 2. The standard InChI is InChI=1S/C11H13NO3S/c1-8(12-11(14)15)7-10(13)16-9-5-3-2-4-6-9/h2-6,8,12H,7H2,1H3,(H,14,15)/t8-/m1/s1. The molecule has 0 saturated carbocycles. The van der Waals surface area contributed by atoms with Gasteiger partial charge >= 0.3 is 6.09 Å². The van der Waals surface area contributed by atoms with Crippen molar-refractivity contribution in [2.75, 3.05) is 0 Å². The number of rotatable bonds is 4. The molecule has 0 aromatic heterocycles. The molecule has 1 aromatic rings. The van der Waals surface area contributed by atoms with Gasteiger partial charge in [-0.3, -0.25) is 4.79 Å². The van der Waals surface area contributed by atoms with Crippen molar-refractivity contribution in [1.29, 1.82) is 0 Å². The van der Waals surface area contributed by atoms with Crippen molar-refractivity contribution in [3.05, 3.63) is 30.3 Å². The molecule has 2 N–H and O–H groups in total. The minimum atomic E-state index is -1.11. The SMILES string of the molecule is C[C@H](CC(=O)Sc1ccccc1)NC(=O)O. The summed E-state index contributed by atoms with van der Waals surface area (Å²) < 4.78 is 0. The summed E-state index contributed by atoms with van der Waals surface area (Å²) in [5, 5.41) is 10.7. The van der Waals surface area contributed by atoms with Crippen LogP contribution in [0.1, 0.15) is 13.3 Å². The van der Waals surface area contributed by atoms with E-state index in [-0.39, 0.29) is 17.6 Å². The molecule has 0 saturated heterocycles. The van der Waals surface area contributed by atoms with Gasteiger partial charge in [0, 0.05) is 17.4 Å². The van der Waals surface area contributed by atoms with Crippen molar-refractivity contribution in [3.8, 4) is 0 Å². The summed E-state index contributed by atoms with van der Waals surface area (Å²) >= 11 is 1.13. The van der Waals surface area contributed by atoms with E-state index < -0.39 is 6.09 Å². The van der Waals surface area contributed by atoms with Crippen molar-refractivity contribution in [3.63, 3.8) is 0 Å². The molecular formula is C11H13NO3S. The largest absolute Gasteiger partial charge is 0.465 e. The monoisotopic (exact) mass is 239 g/mol. The molecule has 1 amide bonds. The van der Waals surface area contributed by atoms with E-state index >= 15 is 0 Å². The Morgan fingerprint density at radius 3 is 2.56 bits per heavy atom. The van der Waals surface area contributed by atoms with E-state index in [0.29, 0.717) is 0 Å². The van der Waals surface area contributed by atoms with Crippen LogP contribution >= 0.6 is 11.8 Å². The van der Waals surface area contributed by atoms with E-state index in [1.807, 2.05) is 30.3 Å². The summed E-state index contributed by atoms with van der Waals surface area (Å²) in [6.45, 7) is 1.66. The molecule has 0 aliphatic carbocycles. The number of amides is 1. The molecule has 0 radical (unpaired) electrons. The second-order valence-corrected chi connectivity index (χ2v) is 4.47. The predicted octanol–water partition coefficient (Wildman–Crippen LogP) is 2.35. The van der Waals surface area contributed by atoms with Gasteiger partial charge in [-0.25, -0.2) is 4.79 Å². The molecule has 0 fully saturated rings. The first kappa shape index (κ1) is 12.6. The van der Waals surface area contributed by atoms with Crippen molar-refractivity contribution in [2.24, 2.45) is 0 Å². The zero-order valence-electron chi connectivity index (χ0n) is 8.84. The van der Waals surface area contributed by atoms with Crippen LogP contribution in [0.15, 0.2) is 35.2 Å². The predicted molar refractivity (Wildman–Crippen MR) is 62.5 cm³/mol. The highest BCUT2D eigenvalue weighted by atomic mass is 32.2. The van der Waals surface area contributed by atoms with Crippen molar-refractivity contribution >= 4 is 23.0 Å². The quantitative estimate of drug-likeness (QED) is 0.791. The van der Waals surface area contributed by atoms with Gasteiger partial charge in [-0.1, -0.05) is 30.0 Å². The third-order valence-corrected chi connectivity index (χ3v) is 2.72. The zero-order chi connectivity index (χ0) is 12.0. The fourth-order valence-corrected chi connectivity index (χ4v) is 2.06. The Bertz CT molecular complexity index is 367. The fourth-order valence-electron chi connectivity index (χ4n) is 1.17. The Labute approximate surface area is 98.0 Å². The summed E-state index contributed by atoms with van der Waals surface area (Å²) in [5.41, 5.74) is 0. The lowest BCUT2D eigenvalue weighted by molar-refractivity contribution is -0.111. The summed E-state index contributed by atoms with van der Waals surface area (Å²) in [4.78, 5) is 22.7. The van der Waals surface area contributed by atoms with Crippen LogP contribution in [0, 0.1) is 0 Å². The molecular weight excluding hydrogens is 226 g/mol. The second kappa shape index (κ2) is 6.17. The van der Waals surface area contributed by atoms with Crippen LogP contribution in [0.2, 0.25) is 0 Å². The first-order valence-corrected chi connectivity index (χ1v) is 5.65. The van der Waals surface area contributed by atoms with E-state index in [1.54, 1.807) is 6.92 Å². The minimum absolute atomic E-state index is 0.0487. The summed E-state index contributed by atoms with van der Waals surface area (Å²) in [7, 11) is 0. The molecule has 4 nitrogen and oxygen atoms in total. The van der Waals surface area contributed by atoms with Crippen LogP contribution in [0.5, 0.6) is 0 Å². The van der Waals surface area contributed by atoms with Crippen molar-refractivity contribution in [2.45, 2.75) is 24.3 Å². The Balaban J connectivity index is 2.39. The van der Waals surface area contributed by atoms with Crippen molar-refractivity contribution in [1.82, 2.24) is 5.32 Å². The second-order valence-electron chi connectivity index (χ2n) is 3.34. The van der Waals surface area contributed by atoms with Crippen LogP contribution in [-0.2, 0) is 4.79 Å². The van der Waals surface area contributed by atoms with Crippen LogP contribution in [0.3, 0.4) is 0 Å². The summed E-state index contributed by atoms with van der Waals surface area (Å²) in [6.07, 6.45) is -0.920. The van der Waals surface area contributed by atoms with Crippen LogP contribution in [0.4, 0.5) is 4.79 Å². The van der Waals surface area contributed by atoms with Gasteiger partial charge in [0.15, 0.2) is 5.12 Å². The molecule has 1 aromatic carbocycles. The van der Waals surface area contributed by atoms with Crippen LogP contribution in [0.25, 0.3) is 0 Å². The highest BCUT2D eigenvalue weighted by Crippen LogP contribution is 2.19. The van der Waals surface area contributed by atoms with Gasteiger partial charge in [0.1, 0.15) is 0 Å². The average molecular weight is 239 g/mol. The number of benzene rings is 1. The molecule has 1 rings (SSSR count). The van der Waals surface area contributed by atoms with Crippen LogP contribution < -0.4 is 5.32 Å². The molecule has 0 aliphatic heterocycles. The van der Waals surface area contributed by atoms with Gasteiger partial charge < -0.3 is 10.4 Å². The maximum Gasteiger partial charge on any atom is 0.404 e. The third kappa shape index (κ3) is 4.84. The Morgan fingerprint density at radius 2 is 2.00 bits per heavy atom. The van der Waals surface area contributed by atoms with E-state index in [4.69, 9.17) is 5.11 Å². The maximum absolute atomic E-state index is 11.5. The molecule has 16 heavy (non-hydrogen) atoms.